The number of nitrogens with two attached hydrogens (primary N) is 1. The van der Waals surface area contributed by atoms with E-state index in [4.69, 9.17) is 5.14 Å². The lowest BCUT2D eigenvalue weighted by molar-refractivity contribution is -0.384. The van der Waals surface area contributed by atoms with Gasteiger partial charge in [-0.1, -0.05) is 0 Å². The lowest BCUT2D eigenvalue weighted by atomic mass is 10.2. The smallest absolute Gasteiger partial charge is 0.387 e. The van der Waals surface area contributed by atoms with E-state index in [1.165, 1.54) is 24.3 Å². The molecule has 0 aromatic heterocycles. The summed E-state index contributed by atoms with van der Waals surface area (Å²) < 4.78 is 51.4. The number of hydrogen-bond acceptors (Lipinski definition) is 6. The first-order chi connectivity index (χ1) is 11.7. The highest BCUT2D eigenvalue weighted by Crippen LogP contribution is 2.25. The van der Waals surface area contributed by atoms with Crippen molar-refractivity contribution in [1.82, 2.24) is 0 Å². The number of nitro groups is 1. The number of non-ortho nitro benzene ring substituents is 1. The Bertz CT molecular complexity index is 915. The Labute approximate surface area is 140 Å². The molecular formula is C14H11F2N3O5S. The second-order valence-electron chi connectivity index (χ2n) is 4.65. The van der Waals surface area contributed by atoms with Crippen LogP contribution in [0.1, 0.15) is 5.56 Å². The van der Waals surface area contributed by atoms with Gasteiger partial charge in [-0.3, -0.25) is 15.1 Å². The molecule has 0 radical (unpaired) electrons. The molecule has 0 aliphatic carbocycles. The molecule has 2 aromatic rings. The van der Waals surface area contributed by atoms with Crippen LogP contribution in [0.5, 0.6) is 5.75 Å². The highest BCUT2D eigenvalue weighted by molar-refractivity contribution is 7.89. The van der Waals surface area contributed by atoms with Gasteiger partial charge >= 0.3 is 6.61 Å². The number of nitrogens with zero attached hydrogens (tertiary/aromatic N) is 2. The van der Waals surface area contributed by atoms with E-state index in [1.54, 1.807) is 0 Å². The van der Waals surface area contributed by atoms with E-state index in [-0.39, 0.29) is 27.6 Å². The first kappa shape index (κ1) is 18.4. The van der Waals surface area contributed by atoms with E-state index < -0.39 is 21.6 Å². The SMILES string of the molecule is NS(=O)(=O)c1ccc(N=Cc2cc([N+](=O)[O-])ccc2OC(F)F)cc1. The van der Waals surface area contributed by atoms with Gasteiger partial charge in [-0.15, -0.1) is 0 Å². The first-order valence-corrected chi connectivity index (χ1v) is 8.11. The normalized spacial score (nSPS) is 11.8. The number of ether oxygens (including phenoxy) is 1. The Hall–Kier alpha value is -2.92. The standard InChI is InChI=1S/C14H11F2N3O5S/c15-14(16)24-13-6-3-11(19(20)21)7-9(13)8-18-10-1-4-12(5-2-10)25(17,22)23/h1-8,14H,(H2,17,22,23). The zero-order chi connectivity index (χ0) is 18.6. The van der Waals surface area contributed by atoms with Crippen LogP contribution in [0.25, 0.3) is 0 Å². The number of aliphatic imine (C=N–C) groups is 1. The van der Waals surface area contributed by atoms with Crippen LogP contribution in [-0.2, 0) is 10.0 Å². The van der Waals surface area contributed by atoms with Crippen LogP contribution in [0, 0.1) is 10.1 Å². The van der Waals surface area contributed by atoms with Crippen molar-refractivity contribution >= 4 is 27.6 Å². The second kappa shape index (κ2) is 7.32. The highest BCUT2D eigenvalue weighted by atomic mass is 32.2. The molecule has 132 valence electrons. The molecule has 0 aliphatic heterocycles. The number of halogens is 2. The van der Waals surface area contributed by atoms with Gasteiger partial charge < -0.3 is 4.74 Å². The van der Waals surface area contributed by atoms with Gasteiger partial charge in [0, 0.05) is 23.9 Å². The maximum Gasteiger partial charge on any atom is 0.387 e. The molecule has 25 heavy (non-hydrogen) atoms. The minimum Gasteiger partial charge on any atom is -0.434 e. The van der Waals surface area contributed by atoms with Crippen molar-refractivity contribution in [3.8, 4) is 5.75 Å². The summed E-state index contributed by atoms with van der Waals surface area (Å²) in [6, 6.07) is 8.19. The molecule has 11 heteroatoms. The lowest BCUT2D eigenvalue weighted by Gasteiger charge is -2.07. The van der Waals surface area contributed by atoms with Crippen molar-refractivity contribution in [3.05, 3.63) is 58.1 Å². The van der Waals surface area contributed by atoms with Crippen molar-refractivity contribution in [3.63, 3.8) is 0 Å². The maximum absolute atomic E-state index is 12.4. The molecule has 0 unspecified atom stereocenters. The Morgan fingerprint density at radius 3 is 2.36 bits per heavy atom. The third kappa shape index (κ3) is 5.02. The summed E-state index contributed by atoms with van der Waals surface area (Å²) in [5.74, 6) is -0.287. The molecule has 0 aliphatic rings. The molecule has 2 rings (SSSR count). The third-order valence-corrected chi connectivity index (χ3v) is 3.87. The summed E-state index contributed by atoms with van der Waals surface area (Å²) in [6.45, 7) is -3.11. The summed E-state index contributed by atoms with van der Waals surface area (Å²) in [5, 5.41) is 15.8. The van der Waals surface area contributed by atoms with E-state index in [0.717, 1.165) is 24.4 Å². The van der Waals surface area contributed by atoms with Gasteiger partial charge in [0.15, 0.2) is 0 Å². The largest absolute Gasteiger partial charge is 0.434 e. The fourth-order valence-electron chi connectivity index (χ4n) is 1.82. The van der Waals surface area contributed by atoms with E-state index in [0.29, 0.717) is 0 Å². The lowest BCUT2D eigenvalue weighted by Crippen LogP contribution is -2.11. The Morgan fingerprint density at radius 1 is 1.20 bits per heavy atom. The monoisotopic (exact) mass is 371 g/mol. The molecule has 8 nitrogen and oxygen atoms in total. The number of alkyl halides is 2. The molecule has 2 N–H and O–H groups in total. The molecule has 0 bridgehead atoms. The van der Waals surface area contributed by atoms with Crippen LogP contribution in [0.2, 0.25) is 0 Å². The van der Waals surface area contributed by atoms with Crippen LogP contribution < -0.4 is 9.88 Å². The van der Waals surface area contributed by atoms with Crippen molar-refractivity contribution < 1.29 is 26.9 Å². The second-order valence-corrected chi connectivity index (χ2v) is 6.22. The molecule has 0 saturated heterocycles. The number of primary sulfonamides is 1. The molecular weight excluding hydrogens is 360 g/mol. The molecule has 0 heterocycles. The molecule has 2 aromatic carbocycles. The zero-order valence-electron chi connectivity index (χ0n) is 12.4. The molecule has 0 spiro atoms. The molecule has 0 saturated carbocycles. The van der Waals surface area contributed by atoms with Crippen molar-refractivity contribution in [2.24, 2.45) is 10.1 Å². The summed E-state index contributed by atoms with van der Waals surface area (Å²) in [5.41, 5.74) is -0.0837. The average Bonchev–Trinajstić information content (AvgIpc) is 2.52. The molecule has 0 atom stereocenters. The minimum atomic E-state index is -3.85. The van der Waals surface area contributed by atoms with Gasteiger partial charge in [-0.2, -0.15) is 8.78 Å². The highest BCUT2D eigenvalue weighted by Gasteiger charge is 2.14. The van der Waals surface area contributed by atoms with Gasteiger partial charge in [-0.05, 0) is 30.3 Å². The average molecular weight is 371 g/mol. The van der Waals surface area contributed by atoms with E-state index in [1.807, 2.05) is 0 Å². The summed E-state index contributed by atoms with van der Waals surface area (Å²) in [4.78, 5) is 13.9. The van der Waals surface area contributed by atoms with Gasteiger partial charge in [-0.25, -0.2) is 13.6 Å². The first-order valence-electron chi connectivity index (χ1n) is 6.57. The van der Waals surface area contributed by atoms with Crippen molar-refractivity contribution in [2.45, 2.75) is 11.5 Å². The van der Waals surface area contributed by atoms with Crippen LogP contribution in [-0.4, -0.2) is 26.2 Å². The van der Waals surface area contributed by atoms with E-state index in [2.05, 4.69) is 9.73 Å². The van der Waals surface area contributed by atoms with Crippen LogP contribution >= 0.6 is 0 Å². The quantitative estimate of drug-likeness (QED) is 0.475. The summed E-state index contributed by atoms with van der Waals surface area (Å²) in [6.07, 6.45) is 1.09. The number of rotatable bonds is 6. The van der Waals surface area contributed by atoms with Crippen LogP contribution in [0.15, 0.2) is 52.4 Å². The summed E-state index contributed by atoms with van der Waals surface area (Å²) >= 11 is 0. The van der Waals surface area contributed by atoms with Gasteiger partial charge in [0.2, 0.25) is 10.0 Å². The van der Waals surface area contributed by atoms with Crippen LogP contribution in [0.3, 0.4) is 0 Å². The minimum absolute atomic E-state index is 0.0370. The number of benzene rings is 2. The Balaban J connectivity index is 2.35. The van der Waals surface area contributed by atoms with E-state index >= 15 is 0 Å². The predicted molar refractivity (Wildman–Crippen MR) is 84.8 cm³/mol. The topological polar surface area (TPSA) is 125 Å². The van der Waals surface area contributed by atoms with Crippen molar-refractivity contribution in [1.29, 1.82) is 0 Å². The van der Waals surface area contributed by atoms with Gasteiger partial charge in [0.05, 0.1) is 15.5 Å². The number of hydrogen-bond donors (Lipinski definition) is 1. The van der Waals surface area contributed by atoms with Crippen molar-refractivity contribution in [2.75, 3.05) is 0 Å². The Morgan fingerprint density at radius 2 is 1.84 bits per heavy atom. The summed E-state index contributed by atoms with van der Waals surface area (Å²) in [7, 11) is -3.85. The number of nitro benzene ring substituents is 1. The fraction of sp³-hybridized carbons (Fsp3) is 0.0714. The number of sulfonamides is 1. The molecule has 0 amide bonds. The molecule has 0 fully saturated rings. The third-order valence-electron chi connectivity index (χ3n) is 2.94. The van der Waals surface area contributed by atoms with E-state index in [9.17, 15) is 27.3 Å². The Kier molecular flexibility index (Phi) is 5.39. The zero-order valence-corrected chi connectivity index (χ0v) is 13.2. The van der Waals surface area contributed by atoms with Gasteiger partial charge in [0.1, 0.15) is 5.75 Å². The fourth-order valence-corrected chi connectivity index (χ4v) is 2.34. The van der Waals surface area contributed by atoms with Gasteiger partial charge in [0.25, 0.3) is 5.69 Å². The maximum atomic E-state index is 12.4. The predicted octanol–water partition coefficient (Wildman–Crippen LogP) is 2.59. The van der Waals surface area contributed by atoms with Crippen LogP contribution in [0.4, 0.5) is 20.2 Å².